The molecule has 0 atom stereocenters. The van der Waals surface area contributed by atoms with Crippen LogP contribution in [-0.4, -0.2) is 9.97 Å². The summed E-state index contributed by atoms with van der Waals surface area (Å²) < 4.78 is 13.3. The Balaban J connectivity index is 1.66. The van der Waals surface area contributed by atoms with Crippen LogP contribution in [-0.2, 0) is 6.54 Å². The van der Waals surface area contributed by atoms with Gasteiger partial charge in [0, 0.05) is 12.2 Å². The van der Waals surface area contributed by atoms with Gasteiger partial charge in [0.15, 0.2) is 0 Å². The monoisotopic (exact) mass is 301 g/mol. The van der Waals surface area contributed by atoms with Gasteiger partial charge in [0.2, 0.25) is 0 Å². The third kappa shape index (κ3) is 3.23. The number of nitrogens with one attached hydrogen (secondary N) is 2. The zero-order chi connectivity index (χ0) is 14.7. The van der Waals surface area contributed by atoms with Gasteiger partial charge >= 0.3 is 0 Å². The molecule has 106 valence electrons. The Kier molecular flexibility index (Phi) is 3.88. The molecule has 0 saturated carbocycles. The van der Waals surface area contributed by atoms with Crippen LogP contribution in [0.5, 0.6) is 0 Å². The van der Waals surface area contributed by atoms with E-state index < -0.39 is 5.82 Å². The van der Waals surface area contributed by atoms with E-state index in [1.807, 2.05) is 24.3 Å². The summed E-state index contributed by atoms with van der Waals surface area (Å²) in [5.74, 6) is -0.398. The highest BCUT2D eigenvalue weighted by Crippen LogP contribution is 2.20. The standard InChI is InChI=1S/C16H13ClFN3/c17-14-6-1-11(7-15(14)18)8-20-13-4-2-12(3-5-13)16-9-19-10-21-16/h1-7,9-10,20H,8H2,(H,19,21). The number of hydrogen-bond donors (Lipinski definition) is 2. The number of aromatic amines is 1. The predicted molar refractivity (Wildman–Crippen MR) is 82.8 cm³/mol. The van der Waals surface area contributed by atoms with Crippen LogP contribution in [0.2, 0.25) is 5.02 Å². The number of rotatable bonds is 4. The van der Waals surface area contributed by atoms with Crippen LogP contribution in [0.15, 0.2) is 55.0 Å². The van der Waals surface area contributed by atoms with Gasteiger partial charge in [0.1, 0.15) is 5.82 Å². The van der Waals surface area contributed by atoms with Crippen LogP contribution in [0, 0.1) is 5.82 Å². The maximum absolute atomic E-state index is 13.3. The van der Waals surface area contributed by atoms with Crippen LogP contribution in [0.25, 0.3) is 11.3 Å². The molecule has 0 amide bonds. The maximum Gasteiger partial charge on any atom is 0.142 e. The summed E-state index contributed by atoms with van der Waals surface area (Å²) in [6.07, 6.45) is 3.43. The second-order valence-electron chi connectivity index (χ2n) is 4.64. The quantitative estimate of drug-likeness (QED) is 0.746. The molecule has 3 rings (SSSR count). The Morgan fingerprint density at radius 2 is 1.95 bits per heavy atom. The van der Waals surface area contributed by atoms with Gasteiger partial charge in [-0.1, -0.05) is 29.8 Å². The Morgan fingerprint density at radius 3 is 2.62 bits per heavy atom. The average Bonchev–Trinajstić information content (AvgIpc) is 3.03. The number of hydrogen-bond acceptors (Lipinski definition) is 2. The highest BCUT2D eigenvalue weighted by molar-refractivity contribution is 6.30. The van der Waals surface area contributed by atoms with Crippen molar-refractivity contribution in [1.29, 1.82) is 0 Å². The first-order valence-electron chi connectivity index (χ1n) is 6.49. The molecule has 0 bridgehead atoms. The third-order valence-corrected chi connectivity index (χ3v) is 3.48. The second kappa shape index (κ2) is 5.97. The minimum Gasteiger partial charge on any atom is -0.381 e. The summed E-state index contributed by atoms with van der Waals surface area (Å²) in [5.41, 5.74) is 3.85. The molecular weight excluding hydrogens is 289 g/mol. The number of anilines is 1. The molecule has 5 heteroatoms. The lowest BCUT2D eigenvalue weighted by molar-refractivity contribution is 0.626. The largest absolute Gasteiger partial charge is 0.381 e. The molecule has 0 aliphatic heterocycles. The van der Waals surface area contributed by atoms with E-state index in [0.717, 1.165) is 22.5 Å². The predicted octanol–water partition coefficient (Wildman–Crippen LogP) is 4.48. The van der Waals surface area contributed by atoms with Gasteiger partial charge in [-0.2, -0.15) is 0 Å². The average molecular weight is 302 g/mol. The van der Waals surface area contributed by atoms with Crippen molar-refractivity contribution in [2.24, 2.45) is 0 Å². The van der Waals surface area contributed by atoms with Gasteiger partial charge in [-0.25, -0.2) is 9.37 Å². The number of imidazole rings is 1. The van der Waals surface area contributed by atoms with Gasteiger partial charge < -0.3 is 10.3 Å². The van der Waals surface area contributed by atoms with Crippen molar-refractivity contribution >= 4 is 17.3 Å². The van der Waals surface area contributed by atoms with E-state index in [9.17, 15) is 4.39 Å². The van der Waals surface area contributed by atoms with Crippen LogP contribution in [0.3, 0.4) is 0 Å². The van der Waals surface area contributed by atoms with Crippen molar-refractivity contribution < 1.29 is 4.39 Å². The van der Waals surface area contributed by atoms with Crippen LogP contribution < -0.4 is 5.32 Å². The first-order valence-corrected chi connectivity index (χ1v) is 6.87. The molecule has 0 fully saturated rings. The molecule has 1 heterocycles. The lowest BCUT2D eigenvalue weighted by Gasteiger charge is -2.08. The van der Waals surface area contributed by atoms with E-state index >= 15 is 0 Å². The van der Waals surface area contributed by atoms with Crippen molar-refractivity contribution in [2.45, 2.75) is 6.54 Å². The van der Waals surface area contributed by atoms with Crippen LogP contribution in [0.4, 0.5) is 10.1 Å². The molecule has 0 radical (unpaired) electrons. The van der Waals surface area contributed by atoms with Crippen molar-refractivity contribution in [1.82, 2.24) is 9.97 Å². The minimum absolute atomic E-state index is 0.141. The summed E-state index contributed by atoms with van der Waals surface area (Å²) in [6.45, 7) is 0.539. The normalized spacial score (nSPS) is 10.6. The number of H-pyrrole nitrogens is 1. The van der Waals surface area contributed by atoms with Crippen molar-refractivity contribution in [3.63, 3.8) is 0 Å². The van der Waals surface area contributed by atoms with Gasteiger partial charge in [-0.05, 0) is 35.4 Å². The summed E-state index contributed by atoms with van der Waals surface area (Å²) in [5, 5.41) is 3.39. The van der Waals surface area contributed by atoms with Gasteiger partial charge in [-0.3, -0.25) is 0 Å². The van der Waals surface area contributed by atoms with Crippen molar-refractivity contribution in [3.8, 4) is 11.3 Å². The minimum atomic E-state index is -0.398. The van der Waals surface area contributed by atoms with E-state index in [0.29, 0.717) is 6.54 Å². The Labute approximate surface area is 126 Å². The molecule has 0 saturated heterocycles. The SMILES string of the molecule is Fc1cc(CNc2ccc(-c3cnc[nH]3)cc2)ccc1Cl. The van der Waals surface area contributed by atoms with E-state index in [2.05, 4.69) is 15.3 Å². The van der Waals surface area contributed by atoms with E-state index in [1.54, 1.807) is 24.7 Å². The lowest BCUT2D eigenvalue weighted by atomic mass is 10.1. The fraction of sp³-hybridized carbons (Fsp3) is 0.0625. The summed E-state index contributed by atoms with van der Waals surface area (Å²) in [6, 6.07) is 12.8. The van der Waals surface area contributed by atoms with Crippen molar-refractivity contribution in [2.75, 3.05) is 5.32 Å². The van der Waals surface area contributed by atoms with Crippen molar-refractivity contribution in [3.05, 3.63) is 71.4 Å². The molecule has 2 N–H and O–H groups in total. The summed E-state index contributed by atoms with van der Waals surface area (Å²) in [4.78, 5) is 7.05. The number of nitrogens with zero attached hydrogens (tertiary/aromatic N) is 1. The molecule has 3 nitrogen and oxygen atoms in total. The highest BCUT2D eigenvalue weighted by Gasteiger charge is 2.02. The molecule has 0 aliphatic rings. The molecule has 0 spiro atoms. The molecular formula is C16H13ClFN3. The fourth-order valence-corrected chi connectivity index (χ4v) is 2.15. The fourth-order valence-electron chi connectivity index (χ4n) is 2.04. The zero-order valence-corrected chi connectivity index (χ0v) is 11.9. The molecule has 1 aromatic heterocycles. The second-order valence-corrected chi connectivity index (χ2v) is 5.05. The third-order valence-electron chi connectivity index (χ3n) is 3.17. The topological polar surface area (TPSA) is 40.7 Å². The Hall–Kier alpha value is -2.33. The molecule has 0 aliphatic carbocycles. The Morgan fingerprint density at radius 1 is 1.14 bits per heavy atom. The van der Waals surface area contributed by atoms with Crippen LogP contribution in [0.1, 0.15) is 5.56 Å². The summed E-state index contributed by atoms with van der Waals surface area (Å²) >= 11 is 5.66. The summed E-state index contributed by atoms with van der Waals surface area (Å²) in [7, 11) is 0. The van der Waals surface area contributed by atoms with E-state index in [1.165, 1.54) is 6.07 Å². The van der Waals surface area contributed by atoms with Gasteiger partial charge in [-0.15, -0.1) is 0 Å². The number of aromatic nitrogens is 2. The van der Waals surface area contributed by atoms with E-state index in [-0.39, 0.29) is 5.02 Å². The number of benzene rings is 2. The molecule has 21 heavy (non-hydrogen) atoms. The Bertz CT molecular complexity index is 724. The van der Waals surface area contributed by atoms with E-state index in [4.69, 9.17) is 11.6 Å². The first kappa shape index (κ1) is 13.6. The van der Waals surface area contributed by atoms with Crippen LogP contribution >= 0.6 is 11.6 Å². The molecule has 3 aromatic rings. The maximum atomic E-state index is 13.3. The molecule has 0 unspecified atom stereocenters. The van der Waals surface area contributed by atoms with Gasteiger partial charge in [0.25, 0.3) is 0 Å². The molecule has 2 aromatic carbocycles. The lowest BCUT2D eigenvalue weighted by Crippen LogP contribution is -1.99. The number of halogens is 2. The first-order chi connectivity index (χ1) is 10.2. The smallest absolute Gasteiger partial charge is 0.142 e. The van der Waals surface area contributed by atoms with Gasteiger partial charge in [0.05, 0.1) is 23.2 Å². The highest BCUT2D eigenvalue weighted by atomic mass is 35.5. The zero-order valence-electron chi connectivity index (χ0n) is 11.1.